The molecule has 1 unspecified atom stereocenters. The molecule has 1 atom stereocenters. The van der Waals surface area contributed by atoms with Gasteiger partial charge < -0.3 is 10.1 Å². The Morgan fingerprint density at radius 3 is 2.53 bits per heavy atom. The Bertz CT molecular complexity index is 941. The van der Waals surface area contributed by atoms with Gasteiger partial charge in [-0.1, -0.05) is 39.3 Å². The number of hydrogen-bond donors (Lipinski definition) is 1. The van der Waals surface area contributed by atoms with Crippen molar-refractivity contribution in [3.8, 4) is 0 Å². The lowest BCUT2D eigenvalue weighted by molar-refractivity contribution is -0.384. The van der Waals surface area contributed by atoms with Gasteiger partial charge in [0.15, 0.2) is 5.78 Å². The number of ether oxygens (including phenoxy) is 1. The fourth-order valence-corrected chi connectivity index (χ4v) is 4.22. The molecule has 30 heavy (non-hydrogen) atoms. The predicted octanol–water partition coefficient (Wildman–Crippen LogP) is 4.54. The van der Waals surface area contributed by atoms with Crippen LogP contribution in [0.4, 0.5) is 5.69 Å². The van der Waals surface area contributed by atoms with Crippen molar-refractivity contribution in [3.63, 3.8) is 0 Å². The number of carbonyl (C=O) groups excluding carboxylic acids is 2. The number of rotatable bonds is 6. The molecule has 0 amide bonds. The zero-order valence-electron chi connectivity index (χ0n) is 17.9. The van der Waals surface area contributed by atoms with Gasteiger partial charge in [0.2, 0.25) is 0 Å². The quantitative estimate of drug-likeness (QED) is 0.319. The number of carbonyl (C=O) groups is 2. The molecule has 0 bridgehead atoms. The molecule has 0 spiro atoms. The van der Waals surface area contributed by atoms with E-state index in [9.17, 15) is 19.7 Å². The molecule has 160 valence electrons. The minimum atomic E-state index is -0.597. The summed E-state index contributed by atoms with van der Waals surface area (Å²) >= 11 is 0. The van der Waals surface area contributed by atoms with E-state index in [-0.39, 0.29) is 16.9 Å². The van der Waals surface area contributed by atoms with Gasteiger partial charge in [-0.25, -0.2) is 4.79 Å². The van der Waals surface area contributed by atoms with Crippen LogP contribution in [0.5, 0.6) is 0 Å². The number of nitro groups is 1. The SMILES string of the molecule is CCCCOC(=O)C1=C(C)NC2=C(C(=O)CC(C)(C)C2)C1c1ccc([N+](=O)[O-])cc1. The maximum absolute atomic E-state index is 13.2. The largest absolute Gasteiger partial charge is 0.462 e. The number of non-ortho nitro benzene ring substituents is 1. The van der Waals surface area contributed by atoms with Crippen LogP contribution >= 0.6 is 0 Å². The summed E-state index contributed by atoms with van der Waals surface area (Å²) < 4.78 is 5.48. The molecule has 3 rings (SSSR count). The zero-order valence-corrected chi connectivity index (χ0v) is 17.9. The molecular weight excluding hydrogens is 384 g/mol. The van der Waals surface area contributed by atoms with Gasteiger partial charge in [-0.15, -0.1) is 0 Å². The highest BCUT2D eigenvalue weighted by atomic mass is 16.6. The Morgan fingerprint density at radius 2 is 1.93 bits per heavy atom. The van der Waals surface area contributed by atoms with E-state index in [4.69, 9.17) is 4.74 Å². The fourth-order valence-electron chi connectivity index (χ4n) is 4.22. The number of allylic oxidation sites excluding steroid dienone is 3. The average molecular weight is 412 g/mol. The number of dihydropyridines is 1. The van der Waals surface area contributed by atoms with Crippen molar-refractivity contribution in [2.24, 2.45) is 5.41 Å². The molecule has 7 heteroatoms. The molecule has 0 aromatic heterocycles. The Hall–Kier alpha value is -2.96. The second-order valence-corrected chi connectivity index (χ2v) is 8.77. The molecule has 0 radical (unpaired) electrons. The Kier molecular flexibility index (Phi) is 6.10. The highest BCUT2D eigenvalue weighted by Crippen LogP contribution is 2.46. The molecule has 7 nitrogen and oxygen atoms in total. The standard InChI is InChI=1S/C23H28N2O5/c1-5-6-11-30-22(27)19-14(2)24-17-12-23(3,4)13-18(26)21(17)20(19)15-7-9-16(10-8-15)25(28)29/h7-10,20,24H,5-6,11-13H2,1-4H3. The van der Waals surface area contributed by atoms with E-state index in [1.165, 1.54) is 12.1 Å². The predicted molar refractivity (Wildman–Crippen MR) is 113 cm³/mol. The number of benzene rings is 1. The van der Waals surface area contributed by atoms with Crippen molar-refractivity contribution in [1.29, 1.82) is 0 Å². The fraction of sp³-hybridized carbons (Fsp3) is 0.478. The molecule has 1 aliphatic heterocycles. The van der Waals surface area contributed by atoms with Crippen LogP contribution in [-0.2, 0) is 14.3 Å². The molecule has 0 fully saturated rings. The normalized spacial score (nSPS) is 20.5. The van der Waals surface area contributed by atoms with Gasteiger partial charge in [-0.2, -0.15) is 0 Å². The van der Waals surface area contributed by atoms with E-state index in [0.29, 0.717) is 41.9 Å². The Balaban J connectivity index is 2.08. The van der Waals surface area contributed by atoms with Gasteiger partial charge in [-0.05, 0) is 30.7 Å². The lowest BCUT2D eigenvalue weighted by atomic mass is 9.68. The van der Waals surface area contributed by atoms with E-state index >= 15 is 0 Å². The van der Waals surface area contributed by atoms with E-state index in [0.717, 1.165) is 18.5 Å². The third kappa shape index (κ3) is 4.30. The number of nitrogens with one attached hydrogen (secondary N) is 1. The van der Waals surface area contributed by atoms with Crippen LogP contribution in [-0.4, -0.2) is 23.3 Å². The molecule has 1 heterocycles. The summed E-state index contributed by atoms with van der Waals surface area (Å²) in [7, 11) is 0. The second-order valence-electron chi connectivity index (χ2n) is 8.77. The number of nitrogens with zero attached hydrogens (tertiary/aromatic N) is 1. The molecule has 1 N–H and O–H groups in total. The highest BCUT2D eigenvalue weighted by molar-refractivity contribution is 6.04. The highest BCUT2D eigenvalue weighted by Gasteiger charge is 2.43. The maximum atomic E-state index is 13.2. The third-order valence-corrected chi connectivity index (χ3v) is 5.63. The summed E-state index contributed by atoms with van der Waals surface area (Å²) in [6.45, 7) is 8.23. The van der Waals surface area contributed by atoms with Crippen LogP contribution in [0.25, 0.3) is 0 Å². The lowest BCUT2D eigenvalue weighted by Gasteiger charge is -2.39. The van der Waals surface area contributed by atoms with E-state index in [1.54, 1.807) is 12.1 Å². The zero-order chi connectivity index (χ0) is 22.1. The molecule has 2 aliphatic rings. The van der Waals surface area contributed by atoms with Gasteiger partial charge in [-0.3, -0.25) is 14.9 Å². The number of unbranched alkanes of at least 4 members (excludes halogenated alkanes) is 1. The number of hydrogen-bond acceptors (Lipinski definition) is 6. The minimum Gasteiger partial charge on any atom is -0.462 e. The lowest BCUT2D eigenvalue weighted by Crippen LogP contribution is -2.38. The summed E-state index contributed by atoms with van der Waals surface area (Å²) in [6.07, 6.45) is 2.73. The maximum Gasteiger partial charge on any atom is 0.336 e. The third-order valence-electron chi connectivity index (χ3n) is 5.63. The van der Waals surface area contributed by atoms with Gasteiger partial charge >= 0.3 is 5.97 Å². The van der Waals surface area contributed by atoms with Crippen LogP contribution in [0.3, 0.4) is 0 Å². The van der Waals surface area contributed by atoms with Crippen molar-refractivity contribution in [2.45, 2.75) is 59.3 Å². The first-order valence-corrected chi connectivity index (χ1v) is 10.3. The summed E-state index contributed by atoms with van der Waals surface area (Å²) in [4.78, 5) is 36.7. The molecule has 1 aromatic rings. The van der Waals surface area contributed by atoms with Crippen molar-refractivity contribution in [2.75, 3.05) is 6.61 Å². The molecule has 0 saturated carbocycles. The van der Waals surface area contributed by atoms with E-state index in [1.807, 2.05) is 27.7 Å². The summed E-state index contributed by atoms with van der Waals surface area (Å²) in [5.41, 5.74) is 2.90. The van der Waals surface area contributed by atoms with Crippen molar-refractivity contribution in [3.05, 3.63) is 62.5 Å². The van der Waals surface area contributed by atoms with Gasteiger partial charge in [0.25, 0.3) is 5.69 Å². The van der Waals surface area contributed by atoms with Crippen LogP contribution < -0.4 is 5.32 Å². The van der Waals surface area contributed by atoms with E-state index in [2.05, 4.69) is 5.32 Å². The molecular formula is C23H28N2O5. The molecule has 1 aliphatic carbocycles. The summed E-state index contributed by atoms with van der Waals surface area (Å²) in [5, 5.41) is 14.3. The first kappa shape index (κ1) is 21.7. The Labute approximate surface area is 176 Å². The van der Waals surface area contributed by atoms with Crippen molar-refractivity contribution >= 4 is 17.4 Å². The second kappa shape index (κ2) is 8.42. The first-order chi connectivity index (χ1) is 14.1. The summed E-state index contributed by atoms with van der Waals surface area (Å²) in [5.74, 6) is -1.07. The topological polar surface area (TPSA) is 98.5 Å². The van der Waals surface area contributed by atoms with Crippen molar-refractivity contribution in [1.82, 2.24) is 5.32 Å². The number of esters is 1. The first-order valence-electron chi connectivity index (χ1n) is 10.3. The summed E-state index contributed by atoms with van der Waals surface area (Å²) in [6, 6.07) is 6.06. The van der Waals surface area contributed by atoms with Gasteiger partial charge in [0, 0.05) is 41.4 Å². The Morgan fingerprint density at radius 1 is 1.27 bits per heavy atom. The van der Waals surface area contributed by atoms with Gasteiger partial charge in [0.05, 0.1) is 17.1 Å². The van der Waals surface area contributed by atoms with Crippen LogP contribution in [0.15, 0.2) is 46.8 Å². The number of nitro benzene ring substituents is 1. The van der Waals surface area contributed by atoms with Crippen LogP contribution in [0.1, 0.15) is 64.9 Å². The average Bonchev–Trinajstić information content (AvgIpc) is 2.66. The monoisotopic (exact) mass is 412 g/mol. The minimum absolute atomic E-state index is 0.0107. The van der Waals surface area contributed by atoms with Crippen molar-refractivity contribution < 1.29 is 19.2 Å². The van der Waals surface area contributed by atoms with Crippen LogP contribution in [0, 0.1) is 15.5 Å². The number of Topliss-reactive ketones (excluding diaryl/α,β-unsaturated/α-hetero) is 1. The molecule has 0 saturated heterocycles. The smallest absolute Gasteiger partial charge is 0.336 e. The van der Waals surface area contributed by atoms with Crippen LogP contribution in [0.2, 0.25) is 0 Å². The molecule has 1 aromatic carbocycles. The van der Waals surface area contributed by atoms with E-state index < -0.39 is 16.8 Å². The number of ketones is 1. The van der Waals surface area contributed by atoms with Gasteiger partial charge in [0.1, 0.15) is 0 Å².